The summed E-state index contributed by atoms with van der Waals surface area (Å²) in [7, 11) is 1.64. The van der Waals surface area contributed by atoms with E-state index in [-0.39, 0.29) is 5.92 Å². The molecule has 3 nitrogen and oxygen atoms in total. The van der Waals surface area contributed by atoms with Crippen LogP contribution < -0.4 is 10.1 Å². The Labute approximate surface area is 76.9 Å². The fourth-order valence-electron chi connectivity index (χ4n) is 1.56. The molecule has 1 aliphatic rings. The summed E-state index contributed by atoms with van der Waals surface area (Å²) in [4.78, 5) is 0. The third-order valence-electron chi connectivity index (χ3n) is 2.29. The SMILES string of the molecule is COc1ccc2c(c1)NCC2C#N. The standard InChI is InChI=1S/C10H10N2O/c1-13-8-2-3-9-7(5-11)6-12-10(9)4-8/h2-4,7,12H,6H2,1H3. The molecule has 0 saturated carbocycles. The normalized spacial score (nSPS) is 18.6. The molecule has 0 fully saturated rings. The fraction of sp³-hybridized carbons (Fsp3) is 0.300. The Kier molecular flexibility index (Phi) is 1.82. The second-order valence-corrected chi connectivity index (χ2v) is 3.02. The molecule has 1 atom stereocenters. The van der Waals surface area contributed by atoms with Crippen molar-refractivity contribution in [3.05, 3.63) is 23.8 Å². The molecule has 3 heteroatoms. The third-order valence-corrected chi connectivity index (χ3v) is 2.29. The van der Waals surface area contributed by atoms with Crippen molar-refractivity contribution in [2.45, 2.75) is 5.92 Å². The summed E-state index contributed by atoms with van der Waals surface area (Å²) in [5.74, 6) is 0.811. The molecule has 0 aromatic heterocycles. The Hall–Kier alpha value is -1.69. The molecule has 2 rings (SSSR count). The first-order valence-corrected chi connectivity index (χ1v) is 4.16. The number of anilines is 1. The van der Waals surface area contributed by atoms with E-state index >= 15 is 0 Å². The van der Waals surface area contributed by atoms with Gasteiger partial charge in [-0.2, -0.15) is 5.26 Å². The molecule has 0 amide bonds. The lowest BCUT2D eigenvalue weighted by atomic mass is 10.0. The largest absolute Gasteiger partial charge is 0.497 e. The van der Waals surface area contributed by atoms with E-state index in [9.17, 15) is 0 Å². The van der Waals surface area contributed by atoms with Crippen LogP contribution >= 0.6 is 0 Å². The van der Waals surface area contributed by atoms with Crippen LogP contribution in [0.3, 0.4) is 0 Å². The molecule has 0 spiro atoms. The summed E-state index contributed by atoms with van der Waals surface area (Å²) in [6, 6.07) is 8.01. The maximum absolute atomic E-state index is 8.82. The van der Waals surface area contributed by atoms with E-state index in [1.54, 1.807) is 7.11 Å². The zero-order chi connectivity index (χ0) is 9.26. The molecule has 1 heterocycles. The average molecular weight is 174 g/mol. The molecule has 0 saturated heterocycles. The number of benzene rings is 1. The smallest absolute Gasteiger partial charge is 0.120 e. The Bertz CT molecular complexity index is 368. The van der Waals surface area contributed by atoms with Gasteiger partial charge in [0.1, 0.15) is 5.75 Å². The fourth-order valence-corrected chi connectivity index (χ4v) is 1.56. The number of nitrogens with one attached hydrogen (secondary N) is 1. The van der Waals surface area contributed by atoms with E-state index < -0.39 is 0 Å². The maximum atomic E-state index is 8.82. The zero-order valence-electron chi connectivity index (χ0n) is 7.37. The number of fused-ring (bicyclic) bond motifs is 1. The van der Waals surface area contributed by atoms with Crippen LogP contribution in [-0.4, -0.2) is 13.7 Å². The predicted octanol–water partition coefficient (Wildman–Crippen LogP) is 1.73. The first kappa shape index (κ1) is 7.93. The van der Waals surface area contributed by atoms with Crippen LogP contribution in [0.4, 0.5) is 5.69 Å². The number of nitriles is 1. The lowest BCUT2D eigenvalue weighted by Gasteiger charge is -2.03. The molecule has 1 aromatic carbocycles. The summed E-state index contributed by atoms with van der Waals surface area (Å²) in [6.07, 6.45) is 0. The lowest BCUT2D eigenvalue weighted by molar-refractivity contribution is 0.415. The van der Waals surface area contributed by atoms with Gasteiger partial charge in [0.25, 0.3) is 0 Å². The third kappa shape index (κ3) is 1.20. The van der Waals surface area contributed by atoms with E-state index in [2.05, 4.69) is 11.4 Å². The molecular formula is C10H10N2O. The van der Waals surface area contributed by atoms with Crippen LogP contribution in [0.15, 0.2) is 18.2 Å². The Balaban J connectivity index is 2.41. The molecular weight excluding hydrogens is 164 g/mol. The Morgan fingerprint density at radius 1 is 1.62 bits per heavy atom. The molecule has 13 heavy (non-hydrogen) atoms. The van der Waals surface area contributed by atoms with Gasteiger partial charge >= 0.3 is 0 Å². The molecule has 0 aliphatic carbocycles. The highest BCUT2D eigenvalue weighted by Crippen LogP contribution is 2.33. The highest BCUT2D eigenvalue weighted by Gasteiger charge is 2.21. The highest BCUT2D eigenvalue weighted by atomic mass is 16.5. The summed E-state index contributed by atoms with van der Waals surface area (Å²) < 4.78 is 5.09. The summed E-state index contributed by atoms with van der Waals surface area (Å²) >= 11 is 0. The van der Waals surface area contributed by atoms with E-state index in [0.717, 1.165) is 17.0 Å². The van der Waals surface area contributed by atoms with Gasteiger partial charge in [0.2, 0.25) is 0 Å². The van der Waals surface area contributed by atoms with Crippen molar-refractivity contribution in [2.24, 2.45) is 0 Å². The first-order chi connectivity index (χ1) is 6.35. The number of methoxy groups -OCH3 is 1. The number of ether oxygens (including phenoxy) is 1. The molecule has 1 aromatic rings. The Morgan fingerprint density at radius 2 is 2.46 bits per heavy atom. The van der Waals surface area contributed by atoms with Gasteiger partial charge in [-0.05, 0) is 11.6 Å². The first-order valence-electron chi connectivity index (χ1n) is 4.16. The van der Waals surface area contributed by atoms with Crippen molar-refractivity contribution < 1.29 is 4.74 Å². The van der Waals surface area contributed by atoms with E-state index in [1.807, 2.05) is 18.2 Å². The van der Waals surface area contributed by atoms with Crippen molar-refractivity contribution in [3.63, 3.8) is 0 Å². The van der Waals surface area contributed by atoms with Gasteiger partial charge in [-0.15, -0.1) is 0 Å². The van der Waals surface area contributed by atoms with Gasteiger partial charge in [-0.1, -0.05) is 6.07 Å². The van der Waals surface area contributed by atoms with Crippen LogP contribution in [0.1, 0.15) is 11.5 Å². The van der Waals surface area contributed by atoms with Gasteiger partial charge in [0.15, 0.2) is 0 Å². The van der Waals surface area contributed by atoms with Crippen LogP contribution in [0.2, 0.25) is 0 Å². The predicted molar refractivity (Wildman–Crippen MR) is 49.8 cm³/mol. The van der Waals surface area contributed by atoms with Gasteiger partial charge in [-0.3, -0.25) is 0 Å². The number of hydrogen-bond acceptors (Lipinski definition) is 3. The van der Waals surface area contributed by atoms with Gasteiger partial charge in [0.05, 0.1) is 19.1 Å². The second-order valence-electron chi connectivity index (χ2n) is 3.02. The number of nitrogens with zero attached hydrogens (tertiary/aromatic N) is 1. The zero-order valence-corrected chi connectivity index (χ0v) is 7.37. The quantitative estimate of drug-likeness (QED) is 0.705. The van der Waals surface area contributed by atoms with Crippen molar-refractivity contribution >= 4 is 5.69 Å². The van der Waals surface area contributed by atoms with Crippen LogP contribution in [0, 0.1) is 11.3 Å². The van der Waals surface area contributed by atoms with Crippen LogP contribution in [0.25, 0.3) is 0 Å². The Morgan fingerprint density at radius 3 is 3.15 bits per heavy atom. The van der Waals surface area contributed by atoms with Crippen molar-refractivity contribution in [2.75, 3.05) is 19.0 Å². The molecule has 0 radical (unpaired) electrons. The molecule has 1 N–H and O–H groups in total. The number of rotatable bonds is 1. The monoisotopic (exact) mass is 174 g/mol. The summed E-state index contributed by atoms with van der Waals surface area (Å²) in [6.45, 7) is 0.707. The average Bonchev–Trinajstić information content (AvgIpc) is 2.59. The molecule has 66 valence electrons. The van der Waals surface area contributed by atoms with Crippen LogP contribution in [-0.2, 0) is 0 Å². The van der Waals surface area contributed by atoms with Gasteiger partial charge in [0, 0.05) is 18.3 Å². The summed E-state index contributed by atoms with van der Waals surface area (Å²) in [5.41, 5.74) is 2.09. The second kappa shape index (κ2) is 2.98. The minimum atomic E-state index is -0.0130. The number of hydrogen-bond donors (Lipinski definition) is 1. The van der Waals surface area contributed by atoms with Crippen molar-refractivity contribution in [1.29, 1.82) is 5.26 Å². The van der Waals surface area contributed by atoms with E-state index in [0.29, 0.717) is 6.54 Å². The summed E-state index contributed by atoms with van der Waals surface area (Å²) in [5, 5.41) is 12.0. The van der Waals surface area contributed by atoms with E-state index in [1.165, 1.54) is 0 Å². The molecule has 1 unspecified atom stereocenters. The van der Waals surface area contributed by atoms with Crippen molar-refractivity contribution in [3.8, 4) is 11.8 Å². The lowest BCUT2D eigenvalue weighted by Crippen LogP contribution is -1.97. The molecule has 0 bridgehead atoms. The van der Waals surface area contributed by atoms with E-state index in [4.69, 9.17) is 10.00 Å². The van der Waals surface area contributed by atoms with Crippen molar-refractivity contribution in [1.82, 2.24) is 0 Å². The van der Waals surface area contributed by atoms with Gasteiger partial charge < -0.3 is 10.1 Å². The van der Waals surface area contributed by atoms with Crippen LogP contribution in [0.5, 0.6) is 5.75 Å². The van der Waals surface area contributed by atoms with Gasteiger partial charge in [-0.25, -0.2) is 0 Å². The maximum Gasteiger partial charge on any atom is 0.120 e. The minimum Gasteiger partial charge on any atom is -0.497 e. The topological polar surface area (TPSA) is 45.0 Å². The molecule has 1 aliphatic heterocycles. The highest BCUT2D eigenvalue weighted by molar-refractivity contribution is 5.62. The minimum absolute atomic E-state index is 0.0130.